The molecule has 0 aliphatic heterocycles. The summed E-state index contributed by atoms with van der Waals surface area (Å²) >= 11 is 11.8. The summed E-state index contributed by atoms with van der Waals surface area (Å²) in [5.74, 6) is 0.00616. The minimum Gasteiger partial charge on any atom is -0.489 e. The topological polar surface area (TPSA) is 87.2 Å². The van der Waals surface area contributed by atoms with Gasteiger partial charge in [-0.25, -0.2) is 0 Å². The lowest BCUT2D eigenvalue weighted by atomic mass is 10.3. The van der Waals surface area contributed by atoms with Crippen LogP contribution in [0.5, 0.6) is 5.75 Å². The predicted molar refractivity (Wildman–Crippen MR) is 83.6 cm³/mol. The maximum atomic E-state index is 11.8. The number of hydrogen-bond donors (Lipinski definition) is 3. The van der Waals surface area contributed by atoms with Crippen molar-refractivity contribution in [3.63, 3.8) is 0 Å². The van der Waals surface area contributed by atoms with E-state index < -0.39 is 6.10 Å². The zero-order valence-corrected chi connectivity index (χ0v) is 13.3. The molecule has 1 atom stereocenters. The first kappa shape index (κ1) is 16.6. The molecule has 0 unspecified atom stereocenters. The Morgan fingerprint density at radius 1 is 1.50 bits per heavy atom. The van der Waals surface area contributed by atoms with Gasteiger partial charge in [-0.15, -0.1) is 0 Å². The van der Waals surface area contributed by atoms with Crippen molar-refractivity contribution in [3.05, 3.63) is 45.7 Å². The Bertz CT molecular complexity index is 661. The molecule has 1 heterocycles. The van der Waals surface area contributed by atoms with Gasteiger partial charge in [-0.2, -0.15) is 5.10 Å². The highest BCUT2D eigenvalue weighted by Crippen LogP contribution is 2.31. The molecule has 8 heteroatoms. The van der Waals surface area contributed by atoms with Crippen LogP contribution in [0, 0.1) is 6.92 Å². The van der Waals surface area contributed by atoms with E-state index >= 15 is 0 Å². The second kappa shape index (κ2) is 7.49. The van der Waals surface area contributed by atoms with Gasteiger partial charge in [0.1, 0.15) is 29.2 Å². The smallest absolute Gasteiger partial charge is 0.271 e. The van der Waals surface area contributed by atoms with Crippen LogP contribution < -0.4 is 10.1 Å². The summed E-state index contributed by atoms with van der Waals surface area (Å²) in [4.78, 5) is 11.8. The van der Waals surface area contributed by atoms with E-state index in [0.717, 1.165) is 5.69 Å². The summed E-state index contributed by atoms with van der Waals surface area (Å²) in [5, 5.41) is 19.5. The molecule has 0 aliphatic carbocycles. The SMILES string of the molecule is Cc1cc(C(=O)NC[C@@H](O)COc2cccc(Cl)c2Cl)n[nH]1. The van der Waals surface area contributed by atoms with Gasteiger partial charge in [0.25, 0.3) is 5.91 Å². The van der Waals surface area contributed by atoms with E-state index in [4.69, 9.17) is 27.9 Å². The van der Waals surface area contributed by atoms with Crippen molar-refractivity contribution in [1.29, 1.82) is 0 Å². The van der Waals surface area contributed by atoms with Crippen LogP contribution in [0.25, 0.3) is 0 Å². The Hall–Kier alpha value is -1.76. The third-order valence-electron chi connectivity index (χ3n) is 2.78. The molecule has 6 nitrogen and oxygen atoms in total. The van der Waals surface area contributed by atoms with Crippen LogP contribution in [-0.2, 0) is 0 Å². The number of carbonyl (C=O) groups excluding carboxylic acids is 1. The number of aromatic amines is 1. The van der Waals surface area contributed by atoms with Crippen LogP contribution in [0.15, 0.2) is 24.3 Å². The molecule has 0 radical (unpaired) electrons. The molecule has 22 heavy (non-hydrogen) atoms. The molecule has 1 amide bonds. The molecule has 0 aliphatic rings. The van der Waals surface area contributed by atoms with E-state index in [1.54, 1.807) is 31.2 Å². The number of aromatic nitrogens is 2. The zero-order valence-electron chi connectivity index (χ0n) is 11.8. The highest BCUT2D eigenvalue weighted by Gasteiger charge is 2.13. The molecule has 3 N–H and O–H groups in total. The third-order valence-corrected chi connectivity index (χ3v) is 3.59. The Kier molecular flexibility index (Phi) is 5.65. The van der Waals surface area contributed by atoms with Crippen molar-refractivity contribution >= 4 is 29.1 Å². The van der Waals surface area contributed by atoms with Gasteiger partial charge in [-0.3, -0.25) is 9.89 Å². The largest absolute Gasteiger partial charge is 0.489 e. The van der Waals surface area contributed by atoms with Gasteiger partial charge in [-0.1, -0.05) is 29.3 Å². The van der Waals surface area contributed by atoms with Crippen molar-refractivity contribution in [2.75, 3.05) is 13.2 Å². The third kappa shape index (κ3) is 4.37. The Balaban J connectivity index is 1.79. The minimum atomic E-state index is -0.890. The summed E-state index contributed by atoms with van der Waals surface area (Å²) in [6.07, 6.45) is -0.890. The van der Waals surface area contributed by atoms with Gasteiger partial charge in [0, 0.05) is 12.2 Å². The molecule has 118 valence electrons. The maximum Gasteiger partial charge on any atom is 0.271 e. The minimum absolute atomic E-state index is 0.0278. The summed E-state index contributed by atoms with van der Waals surface area (Å²) in [7, 11) is 0. The van der Waals surface area contributed by atoms with Crippen molar-refractivity contribution < 1.29 is 14.6 Å². The summed E-state index contributed by atoms with van der Waals surface area (Å²) in [6.45, 7) is 1.80. The summed E-state index contributed by atoms with van der Waals surface area (Å²) in [5.41, 5.74) is 1.05. The standard InChI is InChI=1S/C14H15Cl2N3O3/c1-8-5-11(19-18-8)14(21)17-6-9(20)7-22-12-4-2-3-10(15)13(12)16/h2-5,9,20H,6-7H2,1H3,(H,17,21)(H,18,19)/t9-/m1/s1. The van der Waals surface area contributed by atoms with Gasteiger partial charge in [0.05, 0.1) is 5.02 Å². The zero-order chi connectivity index (χ0) is 16.1. The number of H-pyrrole nitrogens is 1. The van der Waals surface area contributed by atoms with E-state index in [9.17, 15) is 9.90 Å². The number of nitrogens with one attached hydrogen (secondary N) is 2. The number of hydrogen-bond acceptors (Lipinski definition) is 4. The van der Waals surface area contributed by atoms with Crippen molar-refractivity contribution in [3.8, 4) is 5.75 Å². The first-order valence-electron chi connectivity index (χ1n) is 6.52. The summed E-state index contributed by atoms with van der Waals surface area (Å²) < 4.78 is 5.38. The summed E-state index contributed by atoms with van der Waals surface area (Å²) in [6, 6.07) is 6.59. The second-order valence-electron chi connectivity index (χ2n) is 4.66. The average molecular weight is 344 g/mol. The van der Waals surface area contributed by atoms with Gasteiger partial charge >= 0.3 is 0 Å². The first-order chi connectivity index (χ1) is 10.5. The number of aliphatic hydroxyl groups is 1. The second-order valence-corrected chi connectivity index (χ2v) is 5.45. The fourth-order valence-electron chi connectivity index (χ4n) is 1.68. The van der Waals surface area contributed by atoms with Gasteiger partial charge < -0.3 is 15.2 Å². The molecule has 1 aromatic carbocycles. The number of nitrogens with zero attached hydrogens (tertiary/aromatic N) is 1. The molecular weight excluding hydrogens is 329 g/mol. The van der Waals surface area contributed by atoms with E-state index in [-0.39, 0.29) is 29.8 Å². The Labute approximate surface area is 137 Å². The highest BCUT2D eigenvalue weighted by molar-refractivity contribution is 6.42. The van der Waals surface area contributed by atoms with Crippen molar-refractivity contribution in [2.45, 2.75) is 13.0 Å². The van der Waals surface area contributed by atoms with E-state index in [1.807, 2.05) is 0 Å². The molecule has 2 aromatic rings. The van der Waals surface area contributed by atoms with E-state index in [0.29, 0.717) is 10.8 Å². The van der Waals surface area contributed by atoms with Crippen LogP contribution in [0.4, 0.5) is 0 Å². The first-order valence-corrected chi connectivity index (χ1v) is 7.28. The number of rotatable bonds is 6. The lowest BCUT2D eigenvalue weighted by molar-refractivity contribution is 0.0840. The quantitative estimate of drug-likeness (QED) is 0.750. The molecule has 0 saturated heterocycles. The molecule has 0 bridgehead atoms. The molecular formula is C14H15Cl2N3O3. The number of aliphatic hydroxyl groups excluding tert-OH is 1. The van der Waals surface area contributed by atoms with Gasteiger partial charge in [0.15, 0.2) is 0 Å². The number of amides is 1. The highest BCUT2D eigenvalue weighted by atomic mass is 35.5. The van der Waals surface area contributed by atoms with E-state index in [1.165, 1.54) is 0 Å². The van der Waals surface area contributed by atoms with Crippen molar-refractivity contribution in [2.24, 2.45) is 0 Å². The normalized spacial score (nSPS) is 12.0. The number of ether oxygens (including phenoxy) is 1. The molecule has 0 saturated carbocycles. The Morgan fingerprint density at radius 3 is 2.95 bits per heavy atom. The fraction of sp³-hybridized carbons (Fsp3) is 0.286. The van der Waals surface area contributed by atoms with Gasteiger partial charge in [-0.05, 0) is 25.1 Å². The Morgan fingerprint density at radius 2 is 2.27 bits per heavy atom. The van der Waals surface area contributed by atoms with Crippen LogP contribution in [0.2, 0.25) is 10.0 Å². The number of halogens is 2. The number of carbonyl (C=O) groups is 1. The van der Waals surface area contributed by atoms with Crippen LogP contribution in [0.1, 0.15) is 16.2 Å². The number of benzene rings is 1. The molecule has 1 aromatic heterocycles. The molecule has 0 fully saturated rings. The predicted octanol–water partition coefficient (Wildman–Crippen LogP) is 2.19. The molecule has 2 rings (SSSR count). The van der Waals surface area contributed by atoms with Crippen LogP contribution in [0.3, 0.4) is 0 Å². The van der Waals surface area contributed by atoms with Crippen molar-refractivity contribution in [1.82, 2.24) is 15.5 Å². The monoisotopic (exact) mass is 343 g/mol. The lowest BCUT2D eigenvalue weighted by Crippen LogP contribution is -2.35. The average Bonchev–Trinajstić information content (AvgIpc) is 2.93. The maximum absolute atomic E-state index is 11.8. The van der Waals surface area contributed by atoms with Crippen LogP contribution in [-0.4, -0.2) is 40.5 Å². The van der Waals surface area contributed by atoms with Gasteiger partial charge in [0.2, 0.25) is 0 Å². The molecule has 0 spiro atoms. The number of aryl methyl sites for hydroxylation is 1. The van der Waals surface area contributed by atoms with E-state index in [2.05, 4.69) is 15.5 Å². The van der Waals surface area contributed by atoms with Crippen LogP contribution >= 0.6 is 23.2 Å². The fourth-order valence-corrected chi connectivity index (χ4v) is 2.02. The lowest BCUT2D eigenvalue weighted by Gasteiger charge is -2.14.